The lowest BCUT2D eigenvalue weighted by molar-refractivity contribution is -0.120. The third-order valence-electron chi connectivity index (χ3n) is 3.99. The molecule has 0 aliphatic carbocycles. The predicted molar refractivity (Wildman–Crippen MR) is 89.0 cm³/mol. The van der Waals surface area contributed by atoms with Crippen LogP contribution in [0.5, 0.6) is 5.75 Å². The van der Waals surface area contributed by atoms with Gasteiger partial charge in [-0.15, -0.1) is 0 Å². The lowest BCUT2D eigenvalue weighted by atomic mass is 10.1. The van der Waals surface area contributed by atoms with Gasteiger partial charge in [0.1, 0.15) is 5.75 Å². The Balaban J connectivity index is 1.99. The molecule has 0 aromatic heterocycles. The minimum Gasteiger partial charge on any atom is -0.497 e. The lowest BCUT2D eigenvalue weighted by Gasteiger charge is -2.29. The topological polar surface area (TPSA) is 67.6 Å². The van der Waals surface area contributed by atoms with E-state index in [4.69, 9.17) is 10.5 Å². The first-order valence-corrected chi connectivity index (χ1v) is 8.22. The maximum Gasteiger partial charge on any atom is 0.241 e. The van der Waals surface area contributed by atoms with Crippen LogP contribution in [-0.2, 0) is 4.79 Å². The molecule has 0 saturated carbocycles. The third kappa shape index (κ3) is 3.83. The quantitative estimate of drug-likeness (QED) is 0.815. The summed E-state index contributed by atoms with van der Waals surface area (Å²) in [6.45, 7) is 1.93. The molecule has 5 nitrogen and oxygen atoms in total. The Morgan fingerprint density at radius 3 is 2.90 bits per heavy atom. The van der Waals surface area contributed by atoms with E-state index in [1.54, 1.807) is 25.3 Å². The maximum atomic E-state index is 12.4. The highest BCUT2D eigenvalue weighted by Crippen LogP contribution is 2.26. The number of benzene rings is 1. The normalized spacial score (nSPS) is 19.5. The van der Waals surface area contributed by atoms with Gasteiger partial charge >= 0.3 is 0 Å². The average Bonchev–Trinajstić information content (AvgIpc) is 3.01. The second kappa shape index (κ2) is 7.04. The summed E-state index contributed by atoms with van der Waals surface area (Å²) in [5.41, 5.74) is 7.07. The fourth-order valence-electron chi connectivity index (χ4n) is 2.36. The number of amides is 1. The van der Waals surface area contributed by atoms with Crippen molar-refractivity contribution >= 4 is 29.0 Å². The predicted octanol–water partition coefficient (Wildman–Crippen LogP) is 2.04. The van der Waals surface area contributed by atoms with Gasteiger partial charge in [0.15, 0.2) is 0 Å². The molecular weight excluding hydrogens is 286 g/mol. The molecule has 0 bridgehead atoms. The van der Waals surface area contributed by atoms with E-state index in [2.05, 4.69) is 10.2 Å². The second-order valence-electron chi connectivity index (χ2n) is 5.30. The van der Waals surface area contributed by atoms with Crippen LogP contribution >= 0.6 is 11.8 Å². The smallest absolute Gasteiger partial charge is 0.241 e. The van der Waals surface area contributed by atoms with E-state index >= 15 is 0 Å². The molecule has 21 heavy (non-hydrogen) atoms. The van der Waals surface area contributed by atoms with Gasteiger partial charge in [-0.25, -0.2) is 0 Å². The fourth-order valence-corrected chi connectivity index (χ4v) is 3.64. The van der Waals surface area contributed by atoms with Crippen LogP contribution in [-0.4, -0.2) is 48.6 Å². The van der Waals surface area contributed by atoms with Gasteiger partial charge in [0.05, 0.1) is 24.5 Å². The van der Waals surface area contributed by atoms with Crippen LogP contribution in [0.1, 0.15) is 13.3 Å². The second-order valence-corrected chi connectivity index (χ2v) is 6.45. The molecule has 1 saturated heterocycles. The Morgan fingerprint density at radius 1 is 1.57 bits per heavy atom. The number of carbonyl (C=O) groups is 1. The summed E-state index contributed by atoms with van der Waals surface area (Å²) in [5, 5.41) is 2.90. The first kappa shape index (κ1) is 16.0. The van der Waals surface area contributed by atoms with Crippen LogP contribution in [0, 0.1) is 0 Å². The number of nitrogens with two attached hydrogens (primary N) is 1. The van der Waals surface area contributed by atoms with Crippen molar-refractivity contribution in [3.63, 3.8) is 0 Å². The number of nitrogens with one attached hydrogen (secondary N) is 1. The molecular formula is C15H23N3O2S. The van der Waals surface area contributed by atoms with Gasteiger partial charge in [-0.2, -0.15) is 11.8 Å². The van der Waals surface area contributed by atoms with Gasteiger partial charge in [0.2, 0.25) is 5.91 Å². The summed E-state index contributed by atoms with van der Waals surface area (Å²) in [6, 6.07) is 5.55. The molecule has 1 heterocycles. The number of hydrogen-bond acceptors (Lipinski definition) is 5. The van der Waals surface area contributed by atoms with E-state index in [-0.39, 0.29) is 11.9 Å². The van der Waals surface area contributed by atoms with E-state index in [0.717, 1.165) is 12.2 Å². The molecule has 116 valence electrons. The first-order valence-electron chi connectivity index (χ1n) is 7.07. The number of hydrogen-bond donors (Lipinski definition) is 2. The minimum atomic E-state index is -0.185. The summed E-state index contributed by atoms with van der Waals surface area (Å²) in [6.07, 6.45) is 1.14. The summed E-state index contributed by atoms with van der Waals surface area (Å²) < 4.78 is 5.10. The Labute approximate surface area is 130 Å². The van der Waals surface area contributed by atoms with Crippen molar-refractivity contribution in [3.05, 3.63) is 18.2 Å². The van der Waals surface area contributed by atoms with Crippen molar-refractivity contribution in [3.8, 4) is 5.75 Å². The van der Waals surface area contributed by atoms with E-state index in [0.29, 0.717) is 23.2 Å². The molecule has 2 atom stereocenters. The number of nitrogen functional groups attached to an aromatic ring is 1. The zero-order valence-corrected chi connectivity index (χ0v) is 13.6. The van der Waals surface area contributed by atoms with Gasteiger partial charge in [-0.05, 0) is 38.3 Å². The highest BCUT2D eigenvalue weighted by molar-refractivity contribution is 7.99. The van der Waals surface area contributed by atoms with E-state index in [1.165, 1.54) is 5.75 Å². The van der Waals surface area contributed by atoms with E-state index < -0.39 is 0 Å². The van der Waals surface area contributed by atoms with Crippen LogP contribution in [0.2, 0.25) is 0 Å². The molecule has 1 aliphatic heterocycles. The van der Waals surface area contributed by atoms with Crippen LogP contribution < -0.4 is 15.8 Å². The summed E-state index contributed by atoms with van der Waals surface area (Å²) >= 11 is 1.94. The van der Waals surface area contributed by atoms with Crippen molar-refractivity contribution in [2.24, 2.45) is 0 Å². The number of rotatable bonds is 5. The van der Waals surface area contributed by atoms with Crippen LogP contribution in [0.15, 0.2) is 18.2 Å². The molecule has 1 aromatic carbocycles. The number of anilines is 2. The highest BCUT2D eigenvalue weighted by atomic mass is 32.2. The minimum absolute atomic E-state index is 0.0359. The summed E-state index contributed by atoms with van der Waals surface area (Å²) in [4.78, 5) is 14.5. The van der Waals surface area contributed by atoms with Gasteiger partial charge < -0.3 is 15.8 Å². The SMILES string of the molecule is COc1ccc(NC(=O)C(C)N(C)C2CCSC2)c(N)c1. The summed E-state index contributed by atoms with van der Waals surface area (Å²) in [7, 11) is 3.60. The average molecular weight is 309 g/mol. The van der Waals surface area contributed by atoms with Crippen LogP contribution in [0.25, 0.3) is 0 Å². The van der Waals surface area contributed by atoms with E-state index in [1.807, 2.05) is 25.7 Å². The van der Waals surface area contributed by atoms with Crippen molar-refractivity contribution in [2.75, 3.05) is 36.7 Å². The Morgan fingerprint density at radius 2 is 2.33 bits per heavy atom. The molecule has 1 fully saturated rings. The number of likely N-dealkylation sites (N-methyl/N-ethyl adjacent to an activating group) is 1. The van der Waals surface area contributed by atoms with Gasteiger partial charge in [-0.1, -0.05) is 0 Å². The molecule has 0 radical (unpaired) electrons. The Bertz CT molecular complexity index is 504. The molecule has 1 aromatic rings. The molecule has 6 heteroatoms. The highest BCUT2D eigenvalue weighted by Gasteiger charge is 2.27. The van der Waals surface area contributed by atoms with Crippen LogP contribution in [0.3, 0.4) is 0 Å². The molecule has 2 unspecified atom stereocenters. The first-order chi connectivity index (χ1) is 10.0. The van der Waals surface area contributed by atoms with Gasteiger partial charge in [0, 0.05) is 17.9 Å². The van der Waals surface area contributed by atoms with Gasteiger partial charge in [0.25, 0.3) is 0 Å². The van der Waals surface area contributed by atoms with Crippen molar-refractivity contribution < 1.29 is 9.53 Å². The Hall–Kier alpha value is -1.40. The standard InChI is InChI=1S/C15H23N3O2S/c1-10(18(2)11-6-7-21-9-11)15(19)17-14-5-4-12(20-3)8-13(14)16/h4-5,8,10-11H,6-7,9,16H2,1-3H3,(H,17,19). The summed E-state index contributed by atoms with van der Waals surface area (Å²) in [5.74, 6) is 2.91. The molecule has 1 amide bonds. The zero-order valence-electron chi connectivity index (χ0n) is 12.8. The molecule has 0 spiro atoms. The molecule has 1 aliphatic rings. The van der Waals surface area contributed by atoms with Crippen molar-refractivity contribution in [2.45, 2.75) is 25.4 Å². The number of carbonyl (C=O) groups excluding carboxylic acids is 1. The number of nitrogens with zero attached hydrogens (tertiary/aromatic N) is 1. The van der Waals surface area contributed by atoms with Crippen molar-refractivity contribution in [1.82, 2.24) is 4.90 Å². The number of thioether (sulfide) groups is 1. The van der Waals surface area contributed by atoms with Crippen molar-refractivity contribution in [1.29, 1.82) is 0 Å². The van der Waals surface area contributed by atoms with Gasteiger partial charge in [-0.3, -0.25) is 9.69 Å². The number of methoxy groups -OCH3 is 1. The Kier molecular flexibility index (Phi) is 5.36. The van der Waals surface area contributed by atoms with E-state index in [9.17, 15) is 4.79 Å². The monoisotopic (exact) mass is 309 g/mol. The largest absolute Gasteiger partial charge is 0.497 e. The maximum absolute atomic E-state index is 12.4. The lowest BCUT2D eigenvalue weighted by Crippen LogP contribution is -2.45. The third-order valence-corrected chi connectivity index (χ3v) is 5.13. The van der Waals surface area contributed by atoms with Crippen LogP contribution in [0.4, 0.5) is 11.4 Å². The molecule has 3 N–H and O–H groups in total. The molecule has 2 rings (SSSR count). The zero-order chi connectivity index (χ0) is 15.4. The fraction of sp³-hybridized carbons (Fsp3) is 0.533. The number of ether oxygens (including phenoxy) is 1.